The molecule has 0 bridgehead atoms. The Morgan fingerprint density at radius 1 is 0.875 bits per heavy atom. The molecule has 1 saturated heterocycles. The van der Waals surface area contributed by atoms with E-state index in [1.165, 1.54) is 18.1 Å². The van der Waals surface area contributed by atoms with Gasteiger partial charge in [0.2, 0.25) is 17.6 Å². The molecule has 3 aliphatic carbocycles. The minimum absolute atomic E-state index is 0.0961. The lowest BCUT2D eigenvalue weighted by atomic mass is 9.82. The van der Waals surface area contributed by atoms with E-state index in [2.05, 4.69) is 16.0 Å². The molecule has 1 unspecified atom stereocenters. The van der Waals surface area contributed by atoms with Gasteiger partial charge >= 0.3 is 6.03 Å². The number of hydrogen-bond donors (Lipinski definition) is 3. The molecule has 12 nitrogen and oxygen atoms in total. The van der Waals surface area contributed by atoms with Gasteiger partial charge in [0.25, 0.3) is 0 Å². The standard InChI is InChI=1S/C35H58N4O8S/c1-23-21-39(28(16-19-34(3,4)47-23)31(42)36-27(20-25-14-15-25)30(41)24(2)40)32(43)29(26-12-8-6-9-13-26)37-33(44)38-35(22-48(5,45)46)17-10-7-11-18-35/h23,25-29H,6-22H2,1-5H3,(H,36,42)(H2,37,38,44)/t23-,27?,28+,29+/m1/s1. The summed E-state index contributed by atoms with van der Waals surface area (Å²) >= 11 is 0. The molecule has 3 saturated carbocycles. The van der Waals surface area contributed by atoms with Crippen molar-refractivity contribution in [3.8, 4) is 0 Å². The molecular weight excluding hydrogens is 636 g/mol. The van der Waals surface area contributed by atoms with E-state index in [9.17, 15) is 32.4 Å². The molecule has 0 radical (unpaired) electrons. The van der Waals surface area contributed by atoms with Gasteiger partial charge in [0.15, 0.2) is 5.78 Å². The fraction of sp³-hybridized carbons (Fsp3) is 0.857. The first-order valence-electron chi connectivity index (χ1n) is 18.1. The second kappa shape index (κ2) is 16.0. The number of carbonyl (C=O) groups is 5. The van der Waals surface area contributed by atoms with E-state index in [0.717, 1.165) is 64.2 Å². The summed E-state index contributed by atoms with van der Waals surface area (Å²) in [5.74, 6) is -2.21. The summed E-state index contributed by atoms with van der Waals surface area (Å²) in [6.07, 6.45) is 11.7. The van der Waals surface area contributed by atoms with Crippen molar-refractivity contribution in [3.05, 3.63) is 0 Å². The molecule has 0 spiro atoms. The highest BCUT2D eigenvalue weighted by Crippen LogP contribution is 2.35. The molecule has 48 heavy (non-hydrogen) atoms. The lowest BCUT2D eigenvalue weighted by molar-refractivity contribution is -0.154. The van der Waals surface area contributed by atoms with Crippen molar-refractivity contribution in [2.24, 2.45) is 11.8 Å². The van der Waals surface area contributed by atoms with E-state index in [1.54, 1.807) is 0 Å². The van der Waals surface area contributed by atoms with E-state index < -0.39 is 74.6 Å². The fourth-order valence-electron chi connectivity index (χ4n) is 8.11. The van der Waals surface area contributed by atoms with Crippen LogP contribution in [0.2, 0.25) is 0 Å². The van der Waals surface area contributed by atoms with Crippen molar-refractivity contribution in [2.75, 3.05) is 18.6 Å². The molecule has 272 valence electrons. The van der Waals surface area contributed by atoms with Crippen LogP contribution in [0.1, 0.15) is 124 Å². The number of sulfone groups is 1. The van der Waals surface area contributed by atoms with E-state index in [1.807, 2.05) is 20.8 Å². The van der Waals surface area contributed by atoms with Crippen LogP contribution in [0.25, 0.3) is 0 Å². The molecule has 4 aliphatic rings. The largest absolute Gasteiger partial charge is 0.371 e. The van der Waals surface area contributed by atoms with E-state index >= 15 is 0 Å². The van der Waals surface area contributed by atoms with Gasteiger partial charge in [-0.25, -0.2) is 13.2 Å². The molecule has 4 fully saturated rings. The molecule has 13 heteroatoms. The molecule has 0 aromatic rings. The number of urea groups is 1. The number of rotatable bonds is 12. The van der Waals surface area contributed by atoms with Gasteiger partial charge in [-0.15, -0.1) is 0 Å². The third kappa shape index (κ3) is 11.0. The molecule has 1 aliphatic heterocycles. The lowest BCUT2D eigenvalue weighted by Crippen LogP contribution is -2.64. The summed E-state index contributed by atoms with van der Waals surface area (Å²) in [6.45, 7) is 7.05. The van der Waals surface area contributed by atoms with Crippen LogP contribution in [-0.2, 0) is 33.8 Å². The second-order valence-corrected chi connectivity index (χ2v) is 17.9. The van der Waals surface area contributed by atoms with E-state index in [-0.39, 0.29) is 30.6 Å². The zero-order valence-electron chi connectivity index (χ0n) is 29.6. The Hall–Kier alpha value is -2.54. The average Bonchev–Trinajstić information content (AvgIpc) is 3.81. The smallest absolute Gasteiger partial charge is 0.315 e. The molecule has 1 heterocycles. The van der Waals surface area contributed by atoms with Crippen LogP contribution in [0.4, 0.5) is 4.79 Å². The second-order valence-electron chi connectivity index (χ2n) is 15.8. The summed E-state index contributed by atoms with van der Waals surface area (Å²) in [6, 6.07) is -3.43. The SMILES string of the molecule is CC(=O)C(=O)C(CC1CC1)NC(=O)[C@@H]1CCC(C)(C)O[C@H](C)CN1C(=O)[C@@H](NC(=O)NC1(CS(C)(=O)=O)CCCCC1)C1CCCCC1. The number of nitrogens with one attached hydrogen (secondary N) is 3. The van der Waals surface area contributed by atoms with Gasteiger partial charge in [0, 0.05) is 19.7 Å². The Bertz CT molecular complexity index is 1300. The number of carbonyl (C=O) groups excluding carboxylic acids is 5. The highest BCUT2D eigenvalue weighted by atomic mass is 32.2. The van der Waals surface area contributed by atoms with Gasteiger partial charge in [0.05, 0.1) is 29.0 Å². The highest BCUT2D eigenvalue weighted by Gasteiger charge is 2.44. The van der Waals surface area contributed by atoms with Crippen LogP contribution in [0.5, 0.6) is 0 Å². The van der Waals surface area contributed by atoms with Gasteiger partial charge in [-0.3, -0.25) is 19.2 Å². The number of ether oxygens (including phenoxy) is 1. The third-order valence-electron chi connectivity index (χ3n) is 10.6. The number of nitrogens with zero attached hydrogens (tertiary/aromatic N) is 1. The summed E-state index contributed by atoms with van der Waals surface area (Å²) in [5.41, 5.74) is -1.47. The number of amides is 4. The normalized spacial score (nSPS) is 26.2. The number of hydrogen-bond acceptors (Lipinski definition) is 8. The van der Waals surface area contributed by atoms with Gasteiger partial charge in [-0.05, 0) is 77.6 Å². The minimum atomic E-state index is -3.40. The molecule has 0 aromatic carbocycles. The Balaban J connectivity index is 1.63. The third-order valence-corrected chi connectivity index (χ3v) is 11.7. The van der Waals surface area contributed by atoms with Gasteiger partial charge in [-0.1, -0.05) is 51.4 Å². The maximum absolute atomic E-state index is 14.8. The van der Waals surface area contributed by atoms with Crippen LogP contribution < -0.4 is 16.0 Å². The summed E-state index contributed by atoms with van der Waals surface area (Å²) in [7, 11) is -3.40. The van der Waals surface area contributed by atoms with Crippen molar-refractivity contribution >= 4 is 39.2 Å². The number of Topliss-reactive ketones (excluding diaryl/α,β-unsaturated/α-hetero) is 2. The molecule has 3 N–H and O–H groups in total. The predicted molar refractivity (Wildman–Crippen MR) is 182 cm³/mol. The summed E-state index contributed by atoms with van der Waals surface area (Å²) < 4.78 is 31.1. The van der Waals surface area contributed by atoms with Crippen molar-refractivity contribution in [1.82, 2.24) is 20.9 Å². The van der Waals surface area contributed by atoms with Gasteiger partial charge in [0.1, 0.15) is 21.9 Å². The van der Waals surface area contributed by atoms with Crippen LogP contribution in [0.15, 0.2) is 0 Å². The van der Waals surface area contributed by atoms with Crippen LogP contribution in [0.3, 0.4) is 0 Å². The quantitative estimate of drug-likeness (QED) is 0.261. The molecular formula is C35H58N4O8S. The number of ketones is 2. The highest BCUT2D eigenvalue weighted by molar-refractivity contribution is 7.90. The Morgan fingerprint density at radius 2 is 1.50 bits per heavy atom. The van der Waals surface area contributed by atoms with Gasteiger partial charge in [-0.2, -0.15) is 0 Å². The maximum atomic E-state index is 14.8. The molecule has 4 rings (SSSR count). The minimum Gasteiger partial charge on any atom is -0.371 e. The van der Waals surface area contributed by atoms with Crippen molar-refractivity contribution in [2.45, 2.75) is 159 Å². The zero-order chi connectivity index (χ0) is 35.3. The van der Waals surface area contributed by atoms with Crippen LogP contribution in [-0.4, -0.2) is 96.7 Å². The van der Waals surface area contributed by atoms with E-state index in [4.69, 9.17) is 4.74 Å². The average molecular weight is 695 g/mol. The first kappa shape index (κ1) is 38.3. The molecule has 4 atom stereocenters. The summed E-state index contributed by atoms with van der Waals surface area (Å²) in [4.78, 5) is 69.1. The Kier molecular flexibility index (Phi) is 12.8. The monoisotopic (exact) mass is 694 g/mol. The van der Waals surface area contributed by atoms with E-state index in [0.29, 0.717) is 25.7 Å². The molecule has 0 aromatic heterocycles. The van der Waals surface area contributed by atoms with Crippen molar-refractivity contribution in [3.63, 3.8) is 0 Å². The Morgan fingerprint density at radius 3 is 2.08 bits per heavy atom. The van der Waals surface area contributed by atoms with Crippen LogP contribution in [0, 0.1) is 11.8 Å². The molecule has 4 amide bonds. The first-order chi connectivity index (χ1) is 22.5. The fourth-order valence-corrected chi connectivity index (χ4v) is 9.48. The van der Waals surface area contributed by atoms with Crippen LogP contribution >= 0.6 is 0 Å². The zero-order valence-corrected chi connectivity index (χ0v) is 30.4. The van der Waals surface area contributed by atoms with Crippen molar-refractivity contribution < 1.29 is 37.1 Å². The maximum Gasteiger partial charge on any atom is 0.315 e. The topological polar surface area (TPSA) is 168 Å². The lowest BCUT2D eigenvalue weighted by Gasteiger charge is -2.43. The predicted octanol–water partition coefficient (Wildman–Crippen LogP) is 3.60. The van der Waals surface area contributed by atoms with Gasteiger partial charge < -0.3 is 25.6 Å². The first-order valence-corrected chi connectivity index (χ1v) is 20.1. The van der Waals surface area contributed by atoms with Crippen molar-refractivity contribution in [1.29, 1.82) is 0 Å². The summed E-state index contributed by atoms with van der Waals surface area (Å²) in [5, 5.41) is 8.82. The Labute approximate surface area is 286 Å².